The number of carbonyl (C=O) groups is 2. The Kier molecular flexibility index (Phi) is 8.62. The molecule has 6 nitrogen and oxygen atoms in total. The molecule has 2 N–H and O–H groups in total. The van der Waals surface area contributed by atoms with Crippen molar-refractivity contribution in [1.82, 2.24) is 10.2 Å². The predicted molar refractivity (Wildman–Crippen MR) is 153 cm³/mol. The zero-order valence-corrected chi connectivity index (χ0v) is 24.2. The monoisotopic (exact) mass is 599 g/mol. The molecular formula is C31H29Cl2F2N3O3. The number of likely N-dealkylation sites (tertiary alicyclic amines) is 1. The number of aromatic carboxylic acids is 1. The third-order valence-corrected chi connectivity index (χ3v) is 7.93. The SMILES string of the molecule is CC(C)(C)CC1CN(C(=O)NCc2ccc(C(=O)O)cc2)C(c2cccc(Cl)c2F)C1(C#N)c1ccc(Cl)cc1F. The Morgan fingerprint density at radius 2 is 1.80 bits per heavy atom. The molecule has 0 radical (unpaired) electrons. The lowest BCUT2D eigenvalue weighted by atomic mass is 9.63. The van der Waals surface area contributed by atoms with Crippen LogP contribution >= 0.6 is 23.2 Å². The lowest BCUT2D eigenvalue weighted by Gasteiger charge is -2.38. The average molecular weight is 600 g/mol. The number of amides is 2. The van der Waals surface area contributed by atoms with Crippen molar-refractivity contribution in [2.45, 2.75) is 45.2 Å². The molecule has 0 spiro atoms. The fourth-order valence-electron chi connectivity index (χ4n) is 5.71. The van der Waals surface area contributed by atoms with Crippen LogP contribution in [0.25, 0.3) is 0 Å². The fraction of sp³-hybridized carbons (Fsp3) is 0.323. The van der Waals surface area contributed by atoms with Gasteiger partial charge in [0, 0.05) is 35.2 Å². The molecule has 0 bridgehead atoms. The number of nitriles is 1. The van der Waals surface area contributed by atoms with E-state index in [0.29, 0.717) is 12.0 Å². The normalized spacial score (nSPS) is 20.5. The summed E-state index contributed by atoms with van der Waals surface area (Å²) in [5.41, 5.74) is -1.27. The van der Waals surface area contributed by atoms with Gasteiger partial charge in [-0.05, 0) is 47.7 Å². The minimum absolute atomic E-state index is 0.00855. The van der Waals surface area contributed by atoms with Gasteiger partial charge in [-0.1, -0.05) is 74.3 Å². The molecule has 214 valence electrons. The van der Waals surface area contributed by atoms with Gasteiger partial charge in [0.05, 0.1) is 22.7 Å². The first-order chi connectivity index (χ1) is 19.3. The Morgan fingerprint density at radius 3 is 2.39 bits per heavy atom. The van der Waals surface area contributed by atoms with Crippen LogP contribution in [0.5, 0.6) is 0 Å². The van der Waals surface area contributed by atoms with Gasteiger partial charge < -0.3 is 15.3 Å². The highest BCUT2D eigenvalue weighted by Gasteiger charge is 2.60. The molecule has 0 aliphatic carbocycles. The van der Waals surface area contributed by atoms with Gasteiger partial charge in [0.2, 0.25) is 0 Å². The minimum atomic E-state index is -1.69. The van der Waals surface area contributed by atoms with E-state index in [1.165, 1.54) is 47.4 Å². The van der Waals surface area contributed by atoms with E-state index in [4.69, 9.17) is 28.3 Å². The zero-order chi connectivity index (χ0) is 30.1. The summed E-state index contributed by atoms with van der Waals surface area (Å²) in [5.74, 6) is -3.19. The molecule has 3 atom stereocenters. The number of urea groups is 1. The first-order valence-corrected chi connectivity index (χ1v) is 13.7. The van der Waals surface area contributed by atoms with Gasteiger partial charge in [-0.3, -0.25) is 0 Å². The highest BCUT2D eigenvalue weighted by Crippen LogP contribution is 2.56. The minimum Gasteiger partial charge on any atom is -0.478 e. The maximum absolute atomic E-state index is 15.7. The molecule has 1 aliphatic heterocycles. The maximum atomic E-state index is 15.7. The van der Waals surface area contributed by atoms with E-state index < -0.39 is 41.0 Å². The summed E-state index contributed by atoms with van der Waals surface area (Å²) < 4.78 is 31.4. The molecular weight excluding hydrogens is 571 g/mol. The van der Waals surface area contributed by atoms with Gasteiger partial charge in [0.15, 0.2) is 0 Å². The highest BCUT2D eigenvalue weighted by molar-refractivity contribution is 6.31. The van der Waals surface area contributed by atoms with Crippen LogP contribution in [-0.4, -0.2) is 28.6 Å². The third-order valence-electron chi connectivity index (χ3n) is 7.41. The van der Waals surface area contributed by atoms with E-state index in [1.807, 2.05) is 20.8 Å². The second-order valence-corrected chi connectivity index (χ2v) is 12.3. The molecule has 0 saturated carbocycles. The smallest absolute Gasteiger partial charge is 0.335 e. The van der Waals surface area contributed by atoms with E-state index in [2.05, 4.69) is 11.4 Å². The van der Waals surface area contributed by atoms with Gasteiger partial charge in [0.1, 0.15) is 17.0 Å². The maximum Gasteiger partial charge on any atom is 0.335 e. The van der Waals surface area contributed by atoms with Crippen LogP contribution < -0.4 is 5.32 Å². The summed E-state index contributed by atoms with van der Waals surface area (Å²) in [6, 6.07) is 14.9. The summed E-state index contributed by atoms with van der Waals surface area (Å²) in [7, 11) is 0. The Bertz CT molecular complexity index is 1520. The molecule has 41 heavy (non-hydrogen) atoms. The highest BCUT2D eigenvalue weighted by atomic mass is 35.5. The van der Waals surface area contributed by atoms with Crippen LogP contribution in [-0.2, 0) is 12.0 Å². The second kappa shape index (κ2) is 11.7. The van der Waals surface area contributed by atoms with Crippen LogP contribution in [0.3, 0.4) is 0 Å². The molecule has 10 heteroatoms. The van der Waals surface area contributed by atoms with E-state index in [-0.39, 0.29) is 45.2 Å². The van der Waals surface area contributed by atoms with Crippen molar-refractivity contribution >= 4 is 35.2 Å². The van der Waals surface area contributed by atoms with E-state index in [1.54, 1.807) is 12.1 Å². The number of hydrogen-bond donors (Lipinski definition) is 2. The van der Waals surface area contributed by atoms with Gasteiger partial charge in [-0.25, -0.2) is 18.4 Å². The summed E-state index contributed by atoms with van der Waals surface area (Å²) in [4.78, 5) is 26.3. The van der Waals surface area contributed by atoms with E-state index in [9.17, 15) is 14.9 Å². The first-order valence-electron chi connectivity index (χ1n) is 13.0. The number of carboxylic acid groups (broad SMARTS) is 1. The molecule has 1 heterocycles. The Balaban J connectivity index is 1.85. The lowest BCUT2D eigenvalue weighted by molar-refractivity contribution is 0.0696. The Morgan fingerprint density at radius 1 is 1.12 bits per heavy atom. The van der Waals surface area contributed by atoms with Crippen molar-refractivity contribution < 1.29 is 23.5 Å². The van der Waals surface area contributed by atoms with Crippen LogP contribution in [0.2, 0.25) is 10.0 Å². The Hall–Kier alpha value is -3.67. The summed E-state index contributed by atoms with van der Waals surface area (Å²) in [5, 5.41) is 22.8. The standard InChI is InChI=1S/C31H29Cl2F2N3O3/c1-30(2,3)14-20-16-38(29(41)37-15-18-7-9-19(10-8-18)28(39)40)27(22-5-4-6-24(33)26(22)35)31(20,17-36)23-12-11-21(32)13-25(23)34/h4-13,20,27H,14-16H2,1-3H3,(H,37,41)(H,39,40). The van der Waals surface area contributed by atoms with Crippen molar-refractivity contribution in [3.8, 4) is 6.07 Å². The number of carboxylic acids is 1. The van der Waals surface area contributed by atoms with E-state index in [0.717, 1.165) is 6.07 Å². The van der Waals surface area contributed by atoms with Crippen molar-refractivity contribution in [3.63, 3.8) is 0 Å². The number of hydrogen-bond acceptors (Lipinski definition) is 3. The van der Waals surface area contributed by atoms with Gasteiger partial charge in [-0.2, -0.15) is 5.26 Å². The zero-order valence-electron chi connectivity index (χ0n) is 22.7. The van der Waals surface area contributed by atoms with Crippen LogP contribution in [0.4, 0.5) is 13.6 Å². The molecule has 3 unspecified atom stereocenters. The largest absolute Gasteiger partial charge is 0.478 e. The quantitative estimate of drug-likeness (QED) is 0.303. The van der Waals surface area contributed by atoms with Crippen molar-refractivity contribution in [3.05, 3.63) is 105 Å². The van der Waals surface area contributed by atoms with Gasteiger partial charge >= 0.3 is 12.0 Å². The lowest BCUT2D eigenvalue weighted by Crippen LogP contribution is -2.44. The molecule has 1 aliphatic rings. The fourth-order valence-corrected chi connectivity index (χ4v) is 6.06. The second-order valence-electron chi connectivity index (χ2n) is 11.4. The first kappa shape index (κ1) is 30.3. The molecule has 3 aromatic rings. The Labute approximate surface area is 247 Å². The number of carbonyl (C=O) groups excluding carboxylic acids is 1. The van der Waals surface area contributed by atoms with Crippen LogP contribution in [0.1, 0.15) is 60.3 Å². The number of halogens is 4. The number of rotatable bonds is 6. The van der Waals surface area contributed by atoms with Crippen LogP contribution in [0.15, 0.2) is 60.7 Å². The number of benzene rings is 3. The molecule has 1 fully saturated rings. The number of nitrogens with one attached hydrogen (secondary N) is 1. The van der Waals surface area contributed by atoms with Crippen molar-refractivity contribution in [1.29, 1.82) is 5.26 Å². The summed E-state index contributed by atoms with van der Waals surface area (Å²) in [6.07, 6.45) is 0.418. The number of nitrogens with zero attached hydrogens (tertiary/aromatic N) is 2. The molecule has 0 aromatic heterocycles. The molecule has 4 rings (SSSR count). The summed E-state index contributed by atoms with van der Waals surface area (Å²) >= 11 is 12.2. The van der Waals surface area contributed by atoms with Gasteiger partial charge in [0.25, 0.3) is 0 Å². The van der Waals surface area contributed by atoms with Crippen molar-refractivity contribution in [2.24, 2.45) is 11.3 Å². The molecule has 2 amide bonds. The van der Waals surface area contributed by atoms with Crippen molar-refractivity contribution in [2.75, 3.05) is 6.54 Å². The molecule has 3 aromatic carbocycles. The molecule has 1 saturated heterocycles. The van der Waals surface area contributed by atoms with Gasteiger partial charge in [-0.15, -0.1) is 0 Å². The van der Waals surface area contributed by atoms with E-state index >= 15 is 8.78 Å². The topological polar surface area (TPSA) is 93.4 Å². The van der Waals surface area contributed by atoms with Crippen LogP contribution in [0, 0.1) is 34.3 Å². The average Bonchev–Trinajstić information content (AvgIpc) is 3.22. The summed E-state index contributed by atoms with van der Waals surface area (Å²) in [6.45, 7) is 6.01. The predicted octanol–water partition coefficient (Wildman–Crippen LogP) is 7.75. The third kappa shape index (κ3) is 6.02.